The van der Waals surface area contributed by atoms with Crippen molar-refractivity contribution in [2.75, 3.05) is 13.2 Å². The molecule has 0 aliphatic carbocycles. The number of phenols is 3. The van der Waals surface area contributed by atoms with Crippen LogP contribution < -0.4 is 10.2 Å². The van der Waals surface area contributed by atoms with Gasteiger partial charge in [-0.1, -0.05) is 0 Å². The van der Waals surface area contributed by atoms with Crippen LogP contribution in [0.25, 0.3) is 22.3 Å². The lowest BCUT2D eigenvalue weighted by molar-refractivity contribution is -0.277. The average Bonchev–Trinajstić information content (AvgIpc) is 2.99. The zero-order valence-electron chi connectivity index (χ0n) is 22.0. The lowest BCUT2D eigenvalue weighted by Gasteiger charge is -2.41. The molecule has 0 radical (unpaired) electrons. The number of phenolic OH excluding ortho intramolecular Hbond substituents is 3. The first-order valence-electron chi connectivity index (χ1n) is 13.0. The Morgan fingerprint density at radius 1 is 0.721 bits per heavy atom. The van der Waals surface area contributed by atoms with Crippen molar-refractivity contribution < 1.29 is 74.8 Å². The van der Waals surface area contributed by atoms with Crippen LogP contribution in [0.5, 0.6) is 23.0 Å². The van der Waals surface area contributed by atoms with Crippen LogP contribution in [0.15, 0.2) is 39.5 Å². The molecule has 0 bridgehead atoms. The minimum atomic E-state index is -2.01. The quantitative estimate of drug-likeness (QED) is 0.135. The molecule has 10 atom stereocenters. The van der Waals surface area contributed by atoms with E-state index in [-0.39, 0.29) is 17.1 Å². The van der Waals surface area contributed by atoms with Crippen LogP contribution in [0.4, 0.5) is 0 Å². The summed E-state index contributed by atoms with van der Waals surface area (Å²) in [6.07, 6.45) is -18.2. The van der Waals surface area contributed by atoms with Crippen LogP contribution in [-0.4, -0.2) is 125 Å². The van der Waals surface area contributed by atoms with Crippen molar-refractivity contribution in [2.45, 2.75) is 61.2 Å². The van der Waals surface area contributed by atoms with E-state index in [9.17, 15) is 61.0 Å². The Kier molecular flexibility index (Phi) is 8.52. The topological polar surface area (TPSA) is 280 Å². The van der Waals surface area contributed by atoms with E-state index in [2.05, 4.69) is 0 Å². The van der Waals surface area contributed by atoms with Crippen LogP contribution in [0.3, 0.4) is 0 Å². The summed E-state index contributed by atoms with van der Waals surface area (Å²) in [5.41, 5.74) is -1.83. The third-order valence-electron chi connectivity index (χ3n) is 7.53. The summed E-state index contributed by atoms with van der Waals surface area (Å²) in [7, 11) is 0. The molecule has 2 fully saturated rings. The third kappa shape index (κ3) is 5.27. The highest BCUT2D eigenvalue weighted by molar-refractivity contribution is 5.93. The van der Waals surface area contributed by atoms with E-state index in [1.54, 1.807) is 0 Å². The second-order valence-corrected chi connectivity index (χ2v) is 10.2. The molecule has 0 spiro atoms. The van der Waals surface area contributed by atoms with Crippen molar-refractivity contribution >= 4 is 11.0 Å². The van der Waals surface area contributed by atoms with Gasteiger partial charge in [-0.2, -0.15) is 0 Å². The summed E-state index contributed by atoms with van der Waals surface area (Å²) >= 11 is 0. The highest BCUT2D eigenvalue weighted by atomic mass is 16.7. The number of rotatable bonds is 6. The fourth-order valence-corrected chi connectivity index (χ4v) is 5.13. The maximum Gasteiger partial charge on any atom is 0.229 e. The number of hydrogen-bond acceptors (Lipinski definition) is 16. The molecule has 16 nitrogen and oxygen atoms in total. The number of aromatic hydroxyl groups is 3. The summed E-state index contributed by atoms with van der Waals surface area (Å²) in [5.74, 6) is -3.31. The Morgan fingerprint density at radius 2 is 1.30 bits per heavy atom. The van der Waals surface area contributed by atoms with Crippen LogP contribution in [0.1, 0.15) is 11.7 Å². The molecule has 43 heavy (non-hydrogen) atoms. The first-order valence-corrected chi connectivity index (χ1v) is 13.0. The molecule has 2 aliphatic rings. The molecule has 234 valence electrons. The summed E-state index contributed by atoms with van der Waals surface area (Å²) in [6, 6.07) is 6.33. The molecule has 2 saturated heterocycles. The van der Waals surface area contributed by atoms with Gasteiger partial charge in [0.1, 0.15) is 71.8 Å². The minimum Gasteiger partial charge on any atom is -0.508 e. The summed E-state index contributed by atoms with van der Waals surface area (Å²) < 4.78 is 22.2. The highest BCUT2D eigenvalue weighted by Gasteiger charge is 2.48. The largest absolute Gasteiger partial charge is 0.508 e. The van der Waals surface area contributed by atoms with Gasteiger partial charge < -0.3 is 74.8 Å². The van der Waals surface area contributed by atoms with E-state index in [0.717, 1.165) is 6.07 Å². The SMILES string of the molecule is O=c1cc(-c2ccc(O)cc2)oc2c(C3OC(CO)C(O)C(O)C3O)c(O)c(OC3OC(CO)C(O)C(O)C3O)c(O)c12. The maximum absolute atomic E-state index is 13.4. The van der Waals surface area contributed by atoms with Gasteiger partial charge in [0.25, 0.3) is 0 Å². The van der Waals surface area contributed by atoms with Gasteiger partial charge in [0.05, 0.1) is 18.8 Å². The number of benzene rings is 2. The molecule has 2 aromatic carbocycles. The molecule has 11 N–H and O–H groups in total. The zero-order valence-corrected chi connectivity index (χ0v) is 22.0. The Labute approximate surface area is 241 Å². The number of ether oxygens (including phenoxy) is 3. The van der Waals surface area contributed by atoms with E-state index < -0.39 is 114 Å². The van der Waals surface area contributed by atoms with Gasteiger partial charge in [0.2, 0.25) is 12.0 Å². The van der Waals surface area contributed by atoms with Gasteiger partial charge >= 0.3 is 0 Å². The molecule has 5 rings (SSSR count). The second kappa shape index (κ2) is 11.9. The maximum atomic E-state index is 13.4. The summed E-state index contributed by atoms with van der Waals surface area (Å²) in [6.45, 7) is -1.69. The monoisotopic (exact) mass is 610 g/mol. The van der Waals surface area contributed by atoms with Crippen molar-refractivity contribution in [3.63, 3.8) is 0 Å². The lowest BCUT2D eigenvalue weighted by Crippen LogP contribution is -2.60. The second-order valence-electron chi connectivity index (χ2n) is 10.2. The Morgan fingerprint density at radius 3 is 1.91 bits per heavy atom. The fourth-order valence-electron chi connectivity index (χ4n) is 5.13. The van der Waals surface area contributed by atoms with Gasteiger partial charge in [0.15, 0.2) is 22.5 Å². The van der Waals surface area contributed by atoms with E-state index >= 15 is 0 Å². The Balaban J connectivity index is 1.73. The fraction of sp³-hybridized carbons (Fsp3) is 0.444. The first-order chi connectivity index (χ1) is 20.4. The standard InChI is InChI=1S/C27H30O16/c28-6-12-16(32)20(36)22(38)25(41-12)15-19(35)26(43-27-23(39)21(37)17(33)13(7-29)42-27)18(34)14-10(31)5-11(40-24(14)15)8-1-3-9(30)4-2-8/h1-5,12-13,16-17,20-23,25,27-30,32-39H,6-7H2. The van der Waals surface area contributed by atoms with E-state index in [0.29, 0.717) is 0 Å². The van der Waals surface area contributed by atoms with Crippen LogP contribution in [0, 0.1) is 0 Å². The highest BCUT2D eigenvalue weighted by Crippen LogP contribution is 2.51. The predicted molar refractivity (Wildman–Crippen MR) is 140 cm³/mol. The molecule has 1 aromatic heterocycles. The average molecular weight is 611 g/mol. The van der Waals surface area contributed by atoms with Crippen LogP contribution in [0.2, 0.25) is 0 Å². The molecule has 0 saturated carbocycles. The third-order valence-corrected chi connectivity index (χ3v) is 7.53. The van der Waals surface area contributed by atoms with Crippen molar-refractivity contribution in [1.29, 1.82) is 0 Å². The van der Waals surface area contributed by atoms with Crippen molar-refractivity contribution in [3.05, 3.63) is 46.1 Å². The van der Waals surface area contributed by atoms with Gasteiger partial charge in [-0.05, 0) is 24.3 Å². The summed E-state index contributed by atoms with van der Waals surface area (Å²) in [5, 5.41) is 113. The van der Waals surface area contributed by atoms with E-state index in [1.807, 2.05) is 0 Å². The molecular formula is C27H30O16. The van der Waals surface area contributed by atoms with Gasteiger partial charge in [0, 0.05) is 11.6 Å². The molecular weight excluding hydrogens is 580 g/mol. The van der Waals surface area contributed by atoms with Gasteiger partial charge in [-0.15, -0.1) is 0 Å². The smallest absolute Gasteiger partial charge is 0.229 e. The van der Waals surface area contributed by atoms with E-state index in [1.165, 1.54) is 24.3 Å². The number of hydrogen-bond donors (Lipinski definition) is 11. The molecule has 3 aromatic rings. The molecule has 16 heteroatoms. The molecule has 3 heterocycles. The number of aliphatic hydroxyl groups excluding tert-OH is 8. The number of fused-ring (bicyclic) bond motifs is 1. The van der Waals surface area contributed by atoms with Crippen molar-refractivity contribution in [2.24, 2.45) is 0 Å². The van der Waals surface area contributed by atoms with Crippen LogP contribution in [-0.2, 0) is 9.47 Å². The minimum absolute atomic E-state index is 0.0980. The first kappa shape index (κ1) is 30.9. The molecule has 0 amide bonds. The Hall–Kier alpha value is -3.55. The lowest BCUT2D eigenvalue weighted by atomic mass is 9.89. The molecule has 2 aliphatic heterocycles. The zero-order chi connectivity index (χ0) is 31.3. The molecule has 10 unspecified atom stereocenters. The number of aliphatic hydroxyl groups is 8. The predicted octanol–water partition coefficient (Wildman–Crippen LogP) is -2.73. The normalized spacial score (nSPS) is 33.0. The van der Waals surface area contributed by atoms with Crippen LogP contribution >= 0.6 is 0 Å². The van der Waals surface area contributed by atoms with Gasteiger partial charge in [-0.3, -0.25) is 4.79 Å². The van der Waals surface area contributed by atoms with Crippen molar-refractivity contribution in [3.8, 4) is 34.3 Å². The summed E-state index contributed by atoms with van der Waals surface area (Å²) in [4.78, 5) is 13.4. The van der Waals surface area contributed by atoms with Gasteiger partial charge in [-0.25, -0.2) is 0 Å². The van der Waals surface area contributed by atoms with Crippen molar-refractivity contribution in [1.82, 2.24) is 0 Å². The Bertz CT molecular complexity index is 1520. The van der Waals surface area contributed by atoms with E-state index in [4.69, 9.17) is 18.6 Å².